The highest BCUT2D eigenvalue weighted by Gasteiger charge is 2.46. The number of rotatable bonds is 7. The maximum atomic E-state index is 5.41. The van der Waals surface area contributed by atoms with Gasteiger partial charge in [-0.25, -0.2) is 0 Å². The Hall–Kier alpha value is 1.40. The molecule has 6 aliphatic rings. The molecule has 0 spiro atoms. The van der Waals surface area contributed by atoms with Crippen molar-refractivity contribution < 1.29 is 0 Å². The molecule has 7 unspecified atom stereocenters. The minimum atomic E-state index is 0.607. The molecule has 0 radical (unpaired) electrons. The van der Waals surface area contributed by atoms with Crippen LogP contribution >= 0.6 is 48.8 Å². The first kappa shape index (κ1) is 40.1. The fourth-order valence-corrected chi connectivity index (χ4v) is 17.3. The van der Waals surface area contributed by atoms with Gasteiger partial charge in [0.25, 0.3) is 0 Å². The van der Waals surface area contributed by atoms with Crippen molar-refractivity contribution >= 4 is 48.8 Å². The molecule has 49 heavy (non-hydrogen) atoms. The van der Waals surface area contributed by atoms with Gasteiger partial charge in [0, 0.05) is 31.5 Å². The number of hydrogen-bond donors (Lipinski definition) is 2. The summed E-state index contributed by atoms with van der Waals surface area (Å²) in [5.74, 6) is 6.24. The maximum Gasteiger partial charge on any atom is 0.0166 e. The Kier molecular flexibility index (Phi) is 18.1. The smallest absolute Gasteiger partial charge is 0.0166 e. The van der Waals surface area contributed by atoms with Gasteiger partial charge in [0.15, 0.2) is 0 Å². The van der Waals surface area contributed by atoms with Crippen molar-refractivity contribution in [2.24, 2.45) is 35.5 Å². The van der Waals surface area contributed by atoms with Crippen LogP contribution in [-0.2, 0) is 0 Å². The molecule has 0 nitrogen and oxygen atoms in total. The third-order valence-electron chi connectivity index (χ3n) is 15.3. The lowest BCUT2D eigenvalue weighted by atomic mass is 9.65. The van der Waals surface area contributed by atoms with Crippen molar-refractivity contribution in [3.8, 4) is 0 Å². The number of hydrogen-bond acceptors (Lipinski definition) is 4. The van der Waals surface area contributed by atoms with Crippen LogP contribution in [0.4, 0.5) is 0 Å². The fourth-order valence-electron chi connectivity index (χ4n) is 12.3. The first-order valence-electron chi connectivity index (χ1n) is 22.8. The molecule has 0 aromatic carbocycles. The van der Waals surface area contributed by atoms with Crippen LogP contribution in [0, 0.1) is 35.5 Å². The van der Waals surface area contributed by atoms with E-state index in [1.807, 2.05) is 0 Å². The summed E-state index contributed by atoms with van der Waals surface area (Å²) in [6, 6.07) is 0. The summed E-state index contributed by atoms with van der Waals surface area (Å²) in [6.07, 6.45) is 49.0. The zero-order valence-corrected chi connectivity index (χ0v) is 35.4. The third kappa shape index (κ3) is 12.5. The van der Waals surface area contributed by atoms with E-state index in [2.05, 4.69) is 23.5 Å². The van der Waals surface area contributed by atoms with E-state index in [1.54, 1.807) is 64.2 Å². The van der Waals surface area contributed by atoms with Crippen LogP contribution < -0.4 is 0 Å². The van der Waals surface area contributed by atoms with Crippen LogP contribution in [0.3, 0.4) is 0 Å². The largest absolute Gasteiger partial charge is 0.175 e. The predicted octanol–water partition coefficient (Wildman–Crippen LogP) is 15.2. The molecule has 6 fully saturated rings. The zero-order chi connectivity index (χ0) is 33.7. The molecule has 6 rings (SSSR count). The van der Waals surface area contributed by atoms with Gasteiger partial charge < -0.3 is 0 Å². The molecule has 4 heteroatoms. The van der Waals surface area contributed by atoms with Gasteiger partial charge >= 0.3 is 0 Å². The first-order chi connectivity index (χ1) is 24.2. The van der Waals surface area contributed by atoms with Gasteiger partial charge in [0.1, 0.15) is 0 Å². The molecule has 0 aromatic rings. The molecule has 0 aromatic heterocycles. The molecule has 284 valence electrons. The van der Waals surface area contributed by atoms with E-state index in [4.69, 9.17) is 25.3 Å². The van der Waals surface area contributed by atoms with Crippen LogP contribution in [0.1, 0.15) is 212 Å². The van der Waals surface area contributed by atoms with Crippen molar-refractivity contribution in [1.82, 2.24) is 0 Å². The Labute approximate surface area is 325 Å². The summed E-state index contributed by atoms with van der Waals surface area (Å²) in [4.78, 5) is 0. The highest BCUT2D eigenvalue weighted by Crippen LogP contribution is 2.54. The monoisotopic (exact) mass is 749 g/mol. The standard InChI is InChI=1S/C45H80S4/c46-39-20-12-8-4-1-2-6-10-14-22-41(39)48-43-32-33-44(49-42-23-15-11-7-3-5-9-13-21-40(42)47)45(43)38-30-28-37(29-31-38)36-26-24-35(25-27-36)34-18-16-17-19-34/h34-47H,1-33H2. The SMILES string of the molecule is SC1CCCCCCCCCCC1SC1CCC(SC2CCCCCCCCCC2S)C1C1CCC(C2CCC(C3CCCC3)CC2)CC1. The summed E-state index contributed by atoms with van der Waals surface area (Å²) in [6.45, 7) is 0. The van der Waals surface area contributed by atoms with Crippen molar-refractivity contribution in [2.45, 2.75) is 243 Å². The summed E-state index contributed by atoms with van der Waals surface area (Å²) in [5.41, 5.74) is 0. The summed E-state index contributed by atoms with van der Waals surface area (Å²) in [7, 11) is 0. The molecule has 0 aliphatic heterocycles. The van der Waals surface area contributed by atoms with E-state index in [-0.39, 0.29) is 0 Å². The van der Waals surface area contributed by atoms with Gasteiger partial charge in [0.2, 0.25) is 0 Å². The van der Waals surface area contributed by atoms with Crippen LogP contribution in [-0.4, -0.2) is 31.5 Å². The average Bonchev–Trinajstić information content (AvgIpc) is 3.80. The number of thioether (sulfide) groups is 2. The molecular formula is C45H80S4. The Bertz CT molecular complexity index is 871. The first-order valence-corrected chi connectivity index (χ1v) is 25.7. The average molecular weight is 749 g/mol. The van der Waals surface area contributed by atoms with E-state index in [0.717, 1.165) is 56.5 Å². The Morgan fingerprint density at radius 1 is 0.245 bits per heavy atom. The van der Waals surface area contributed by atoms with Gasteiger partial charge in [-0.2, -0.15) is 48.8 Å². The predicted molar refractivity (Wildman–Crippen MR) is 229 cm³/mol. The fraction of sp³-hybridized carbons (Fsp3) is 1.00. The van der Waals surface area contributed by atoms with Crippen LogP contribution in [0.15, 0.2) is 0 Å². The van der Waals surface area contributed by atoms with Gasteiger partial charge in [-0.1, -0.05) is 122 Å². The summed E-state index contributed by atoms with van der Waals surface area (Å²) < 4.78 is 0. The molecule has 0 bridgehead atoms. The Balaban J connectivity index is 1.10. The molecule has 7 atom stereocenters. The Morgan fingerprint density at radius 2 is 0.531 bits per heavy atom. The summed E-state index contributed by atoms with van der Waals surface area (Å²) in [5, 5.41) is 4.54. The molecule has 0 N–H and O–H groups in total. The highest BCUT2D eigenvalue weighted by molar-refractivity contribution is 8.02. The minimum absolute atomic E-state index is 0.607. The van der Waals surface area contributed by atoms with Crippen molar-refractivity contribution in [3.05, 3.63) is 0 Å². The van der Waals surface area contributed by atoms with Crippen LogP contribution in [0.2, 0.25) is 0 Å². The lowest BCUT2D eigenvalue weighted by Crippen LogP contribution is -2.36. The van der Waals surface area contributed by atoms with Crippen LogP contribution in [0.25, 0.3) is 0 Å². The topological polar surface area (TPSA) is 0 Å². The highest BCUT2D eigenvalue weighted by atomic mass is 32.2. The molecular weight excluding hydrogens is 669 g/mol. The van der Waals surface area contributed by atoms with E-state index in [9.17, 15) is 0 Å². The van der Waals surface area contributed by atoms with E-state index < -0.39 is 0 Å². The van der Waals surface area contributed by atoms with Crippen molar-refractivity contribution in [3.63, 3.8) is 0 Å². The van der Waals surface area contributed by atoms with E-state index in [1.165, 1.54) is 148 Å². The van der Waals surface area contributed by atoms with E-state index in [0.29, 0.717) is 10.5 Å². The number of thiol groups is 2. The van der Waals surface area contributed by atoms with Gasteiger partial charge in [-0.3, -0.25) is 0 Å². The molecule has 6 saturated carbocycles. The Morgan fingerprint density at radius 3 is 0.918 bits per heavy atom. The minimum Gasteiger partial charge on any atom is -0.175 e. The maximum absolute atomic E-state index is 5.41. The molecule has 0 heterocycles. The normalized spacial score (nSPS) is 42.1. The van der Waals surface area contributed by atoms with Crippen molar-refractivity contribution in [2.75, 3.05) is 0 Å². The molecule has 6 aliphatic carbocycles. The zero-order valence-electron chi connectivity index (χ0n) is 32.0. The molecule has 0 saturated heterocycles. The second-order valence-electron chi connectivity index (χ2n) is 18.6. The van der Waals surface area contributed by atoms with Gasteiger partial charge in [-0.15, -0.1) is 0 Å². The quantitative estimate of drug-likeness (QED) is 0.249. The summed E-state index contributed by atoms with van der Waals surface area (Å²) >= 11 is 15.8. The second-order valence-corrected chi connectivity index (χ2v) is 22.9. The van der Waals surface area contributed by atoms with Gasteiger partial charge in [0.05, 0.1) is 0 Å². The third-order valence-corrected chi connectivity index (χ3v) is 20.6. The van der Waals surface area contributed by atoms with E-state index >= 15 is 0 Å². The molecule has 0 amide bonds. The lowest BCUT2D eigenvalue weighted by Gasteiger charge is -2.43. The van der Waals surface area contributed by atoms with Gasteiger partial charge in [-0.05, 0) is 125 Å². The lowest BCUT2D eigenvalue weighted by molar-refractivity contribution is 0.113. The van der Waals surface area contributed by atoms with Crippen LogP contribution in [0.5, 0.6) is 0 Å². The second kappa shape index (κ2) is 22.1. The van der Waals surface area contributed by atoms with Crippen molar-refractivity contribution in [1.29, 1.82) is 0 Å².